The normalized spacial score (nSPS) is 14.7. The number of para-hydroxylation sites is 1. The van der Waals surface area contributed by atoms with E-state index in [2.05, 4.69) is 15.1 Å². The largest absolute Gasteiger partial charge is 0.346 e. The highest BCUT2D eigenvalue weighted by Crippen LogP contribution is 2.30. The van der Waals surface area contributed by atoms with Gasteiger partial charge in [-0.2, -0.15) is 0 Å². The molecule has 0 amide bonds. The summed E-state index contributed by atoms with van der Waals surface area (Å²) < 4.78 is 27.0. The fourth-order valence-electron chi connectivity index (χ4n) is 3.81. The number of thiocarbonyl (C=S) groups is 1. The quantitative estimate of drug-likeness (QED) is 0.591. The van der Waals surface area contributed by atoms with E-state index in [-0.39, 0.29) is 17.7 Å². The molecule has 0 spiro atoms. The van der Waals surface area contributed by atoms with E-state index in [1.54, 1.807) is 24.3 Å². The predicted molar refractivity (Wildman–Crippen MR) is 120 cm³/mol. The summed E-state index contributed by atoms with van der Waals surface area (Å²) in [6.45, 7) is 3.13. The monoisotopic (exact) mass is 423 g/mol. The van der Waals surface area contributed by atoms with E-state index in [4.69, 9.17) is 12.2 Å². The Morgan fingerprint density at radius 1 is 0.733 bits per heavy atom. The summed E-state index contributed by atoms with van der Waals surface area (Å²) in [5.74, 6) is -0.530. The second kappa shape index (κ2) is 9.32. The maximum Gasteiger partial charge on any atom is 0.173 e. The maximum absolute atomic E-state index is 13.5. The highest BCUT2D eigenvalue weighted by Gasteiger charge is 2.27. The number of nitrogens with zero attached hydrogens (tertiary/aromatic N) is 2. The molecule has 3 aromatic carbocycles. The summed E-state index contributed by atoms with van der Waals surface area (Å²) in [5, 5.41) is 4.00. The standard InChI is InChI=1S/C24H23F2N3S/c25-20-10-6-18(7-11-20)23(19-8-12-21(26)13-9-19)28-14-16-29(17-15-28)24(30)27-22-4-2-1-3-5-22/h1-13,23H,14-17H2,(H,27,30). The Hall–Kier alpha value is -2.83. The molecule has 1 heterocycles. The van der Waals surface area contributed by atoms with E-state index >= 15 is 0 Å². The van der Waals surface area contributed by atoms with Gasteiger partial charge >= 0.3 is 0 Å². The first-order valence-electron chi connectivity index (χ1n) is 9.96. The molecule has 1 fully saturated rings. The van der Waals surface area contributed by atoms with Gasteiger partial charge in [0.1, 0.15) is 11.6 Å². The van der Waals surface area contributed by atoms with E-state index in [1.807, 2.05) is 30.3 Å². The highest BCUT2D eigenvalue weighted by atomic mass is 32.1. The number of benzene rings is 3. The first-order chi connectivity index (χ1) is 14.6. The fourth-order valence-corrected chi connectivity index (χ4v) is 4.11. The van der Waals surface area contributed by atoms with Gasteiger partial charge in [0.15, 0.2) is 5.11 Å². The maximum atomic E-state index is 13.5. The summed E-state index contributed by atoms with van der Waals surface area (Å²) in [7, 11) is 0. The Morgan fingerprint density at radius 2 is 1.23 bits per heavy atom. The van der Waals surface area contributed by atoms with E-state index in [1.165, 1.54) is 24.3 Å². The van der Waals surface area contributed by atoms with Crippen molar-refractivity contribution in [1.82, 2.24) is 9.80 Å². The van der Waals surface area contributed by atoms with Gasteiger partial charge in [0.2, 0.25) is 0 Å². The van der Waals surface area contributed by atoms with E-state index in [0.29, 0.717) is 5.11 Å². The molecule has 30 heavy (non-hydrogen) atoms. The number of hydrogen-bond acceptors (Lipinski definition) is 2. The SMILES string of the molecule is Fc1ccc(C(c2ccc(F)cc2)N2CCN(C(=S)Nc3ccccc3)CC2)cc1. The Kier molecular flexibility index (Phi) is 6.35. The number of hydrogen-bond donors (Lipinski definition) is 1. The number of halogens is 2. The molecule has 0 bridgehead atoms. The molecular formula is C24H23F2N3S. The van der Waals surface area contributed by atoms with Crippen LogP contribution in [0.15, 0.2) is 78.9 Å². The minimum atomic E-state index is -0.265. The molecule has 3 nitrogen and oxygen atoms in total. The van der Waals surface area contributed by atoms with Crippen LogP contribution in [0.2, 0.25) is 0 Å². The zero-order valence-corrected chi connectivity index (χ0v) is 17.3. The average molecular weight is 424 g/mol. The van der Waals surface area contributed by atoms with Crippen LogP contribution in [-0.2, 0) is 0 Å². The van der Waals surface area contributed by atoms with Gasteiger partial charge in [0.25, 0.3) is 0 Å². The van der Waals surface area contributed by atoms with Gasteiger partial charge in [0.05, 0.1) is 6.04 Å². The van der Waals surface area contributed by atoms with Crippen molar-refractivity contribution >= 4 is 23.0 Å². The van der Waals surface area contributed by atoms with Crippen LogP contribution in [0.25, 0.3) is 0 Å². The highest BCUT2D eigenvalue weighted by molar-refractivity contribution is 7.80. The zero-order valence-electron chi connectivity index (χ0n) is 16.5. The molecule has 0 aliphatic carbocycles. The first kappa shape index (κ1) is 20.4. The van der Waals surface area contributed by atoms with Crippen LogP contribution >= 0.6 is 12.2 Å². The first-order valence-corrected chi connectivity index (χ1v) is 10.4. The minimum absolute atomic E-state index is 0.0657. The van der Waals surface area contributed by atoms with Gasteiger partial charge in [-0.25, -0.2) is 8.78 Å². The Morgan fingerprint density at radius 3 is 1.73 bits per heavy atom. The third-order valence-electron chi connectivity index (χ3n) is 5.36. The smallest absolute Gasteiger partial charge is 0.173 e. The Labute approximate surface area is 180 Å². The molecule has 4 rings (SSSR count). The second-order valence-electron chi connectivity index (χ2n) is 7.32. The van der Waals surface area contributed by atoms with Crippen LogP contribution < -0.4 is 5.32 Å². The van der Waals surface area contributed by atoms with Crippen LogP contribution in [0.4, 0.5) is 14.5 Å². The molecule has 1 aliphatic rings. The molecule has 154 valence electrons. The molecule has 3 aromatic rings. The van der Waals surface area contributed by atoms with Gasteiger partial charge in [-0.05, 0) is 59.7 Å². The van der Waals surface area contributed by atoms with Crippen LogP contribution in [0.3, 0.4) is 0 Å². The number of rotatable bonds is 4. The van der Waals surface area contributed by atoms with Gasteiger partial charge in [0, 0.05) is 31.9 Å². The van der Waals surface area contributed by atoms with Gasteiger partial charge in [-0.3, -0.25) is 4.90 Å². The van der Waals surface area contributed by atoms with Crippen LogP contribution in [0.5, 0.6) is 0 Å². The van der Waals surface area contributed by atoms with Gasteiger partial charge < -0.3 is 10.2 Å². The summed E-state index contributed by atoms with van der Waals surface area (Å²) >= 11 is 5.59. The number of piperazine rings is 1. The Balaban J connectivity index is 1.48. The lowest BCUT2D eigenvalue weighted by atomic mass is 9.96. The minimum Gasteiger partial charge on any atom is -0.346 e. The molecule has 1 N–H and O–H groups in total. The Bertz CT molecular complexity index is 924. The molecular weight excluding hydrogens is 400 g/mol. The lowest BCUT2D eigenvalue weighted by molar-refractivity contribution is 0.151. The molecule has 6 heteroatoms. The van der Waals surface area contributed by atoms with Gasteiger partial charge in [-0.15, -0.1) is 0 Å². The number of anilines is 1. The second-order valence-corrected chi connectivity index (χ2v) is 7.71. The van der Waals surface area contributed by atoms with Crippen molar-refractivity contribution in [2.75, 3.05) is 31.5 Å². The molecule has 0 atom stereocenters. The summed E-state index contributed by atoms with van der Waals surface area (Å²) in [4.78, 5) is 4.49. The van der Waals surface area contributed by atoms with Crippen molar-refractivity contribution in [2.24, 2.45) is 0 Å². The van der Waals surface area contributed by atoms with Crippen molar-refractivity contribution in [1.29, 1.82) is 0 Å². The lowest BCUT2D eigenvalue weighted by Gasteiger charge is -2.40. The van der Waals surface area contributed by atoms with E-state index in [0.717, 1.165) is 43.0 Å². The predicted octanol–water partition coefficient (Wildman–Crippen LogP) is 5.07. The molecule has 1 saturated heterocycles. The lowest BCUT2D eigenvalue weighted by Crippen LogP contribution is -2.51. The van der Waals surface area contributed by atoms with Crippen LogP contribution in [0.1, 0.15) is 17.2 Å². The molecule has 0 radical (unpaired) electrons. The van der Waals surface area contributed by atoms with Crippen molar-refractivity contribution in [2.45, 2.75) is 6.04 Å². The van der Waals surface area contributed by atoms with Crippen LogP contribution in [0, 0.1) is 11.6 Å². The molecule has 0 unspecified atom stereocenters. The average Bonchev–Trinajstić information content (AvgIpc) is 2.78. The van der Waals surface area contributed by atoms with Crippen molar-refractivity contribution < 1.29 is 8.78 Å². The topological polar surface area (TPSA) is 18.5 Å². The zero-order chi connectivity index (χ0) is 20.9. The van der Waals surface area contributed by atoms with Crippen LogP contribution in [-0.4, -0.2) is 41.1 Å². The summed E-state index contributed by atoms with van der Waals surface area (Å²) in [5.41, 5.74) is 2.95. The molecule has 0 aromatic heterocycles. The molecule has 0 saturated carbocycles. The van der Waals surface area contributed by atoms with Crippen molar-refractivity contribution in [3.05, 3.63) is 102 Å². The third kappa shape index (κ3) is 4.83. The summed E-state index contributed by atoms with van der Waals surface area (Å²) in [6.07, 6.45) is 0. The third-order valence-corrected chi connectivity index (χ3v) is 5.72. The van der Waals surface area contributed by atoms with E-state index in [9.17, 15) is 8.78 Å². The fraction of sp³-hybridized carbons (Fsp3) is 0.208. The van der Waals surface area contributed by atoms with E-state index < -0.39 is 0 Å². The van der Waals surface area contributed by atoms with Gasteiger partial charge in [-0.1, -0.05) is 42.5 Å². The number of nitrogens with one attached hydrogen (secondary N) is 1. The molecule has 1 aliphatic heterocycles. The van der Waals surface area contributed by atoms with Crippen molar-refractivity contribution in [3.63, 3.8) is 0 Å². The summed E-state index contributed by atoms with van der Waals surface area (Å²) in [6, 6.07) is 22.9. The van der Waals surface area contributed by atoms with Crippen molar-refractivity contribution in [3.8, 4) is 0 Å².